The number of amides is 1. The minimum absolute atomic E-state index is 0.228. The van der Waals surface area contributed by atoms with Gasteiger partial charge in [0.25, 0.3) is 0 Å². The lowest BCUT2D eigenvalue weighted by atomic mass is 9.96. The molecule has 0 unspecified atom stereocenters. The number of aryl methyl sites for hydroxylation is 1. The Morgan fingerprint density at radius 3 is 2.32 bits per heavy atom. The van der Waals surface area contributed by atoms with Gasteiger partial charge >= 0.3 is 6.09 Å². The molecule has 0 heterocycles. The molecule has 126 valence electrons. The first-order chi connectivity index (χ1) is 10.6. The molecule has 4 nitrogen and oxygen atoms in total. The van der Waals surface area contributed by atoms with E-state index >= 15 is 0 Å². The molecule has 2 rings (SSSR count). The molecule has 1 fully saturated rings. The molecule has 5 heteroatoms. The van der Waals surface area contributed by atoms with Gasteiger partial charge in [-0.25, -0.2) is 4.79 Å². The van der Waals surface area contributed by atoms with Crippen LogP contribution in [-0.4, -0.2) is 29.5 Å². The maximum Gasteiger partial charge on any atom is 0.404 e. The molecule has 1 aliphatic rings. The zero-order chi connectivity index (χ0) is 16.8. The fourth-order valence-electron chi connectivity index (χ4n) is 2.39. The Morgan fingerprint density at radius 2 is 1.82 bits per heavy atom. The summed E-state index contributed by atoms with van der Waals surface area (Å²) >= 11 is 5.90. The van der Waals surface area contributed by atoms with Gasteiger partial charge in [-0.15, -0.1) is 0 Å². The first-order valence-electron chi connectivity index (χ1n) is 7.81. The van der Waals surface area contributed by atoms with Crippen LogP contribution < -0.4 is 5.32 Å². The molecule has 0 bridgehead atoms. The van der Waals surface area contributed by atoms with E-state index in [9.17, 15) is 4.79 Å². The predicted molar refractivity (Wildman–Crippen MR) is 91.6 cm³/mol. The largest absolute Gasteiger partial charge is 0.465 e. The Hall–Kier alpha value is -1.26. The minimum Gasteiger partial charge on any atom is -0.465 e. The number of nitrogens with one attached hydrogen (secondary N) is 1. The van der Waals surface area contributed by atoms with Gasteiger partial charge < -0.3 is 15.5 Å². The first-order valence-corrected chi connectivity index (χ1v) is 8.19. The van der Waals surface area contributed by atoms with Crippen molar-refractivity contribution in [3.05, 3.63) is 34.9 Å². The Morgan fingerprint density at radius 1 is 1.23 bits per heavy atom. The van der Waals surface area contributed by atoms with Crippen molar-refractivity contribution in [2.24, 2.45) is 0 Å². The number of hydrogen-bond donors (Lipinski definition) is 3. The number of rotatable bonds is 3. The summed E-state index contributed by atoms with van der Waals surface area (Å²) in [5.74, 6) is 0. The SMILES string of the molecule is CCCc1ccccc1Cl.CO.O=C(O)NC1CCCCC1. The Kier molecular flexibility index (Phi) is 12.6. The van der Waals surface area contributed by atoms with Crippen LogP contribution in [0, 0.1) is 0 Å². The minimum atomic E-state index is -0.882. The molecule has 0 atom stereocenters. The molecule has 1 aromatic carbocycles. The van der Waals surface area contributed by atoms with Gasteiger partial charge in [0.2, 0.25) is 0 Å². The van der Waals surface area contributed by atoms with Crippen LogP contribution in [0.25, 0.3) is 0 Å². The fraction of sp³-hybridized carbons (Fsp3) is 0.588. The van der Waals surface area contributed by atoms with E-state index in [1.54, 1.807) is 0 Å². The van der Waals surface area contributed by atoms with E-state index in [0.29, 0.717) is 0 Å². The fourth-order valence-corrected chi connectivity index (χ4v) is 2.62. The highest BCUT2D eigenvalue weighted by Gasteiger charge is 2.14. The highest BCUT2D eigenvalue weighted by atomic mass is 35.5. The zero-order valence-corrected chi connectivity index (χ0v) is 14.3. The lowest BCUT2D eigenvalue weighted by molar-refractivity contribution is 0.186. The van der Waals surface area contributed by atoms with E-state index in [4.69, 9.17) is 21.8 Å². The standard InChI is InChI=1S/C9H11Cl.C7H13NO2.CH4O/c1-2-5-8-6-3-4-7-9(8)10;9-7(10)8-6-4-2-1-3-5-6;1-2/h3-4,6-7H,2,5H2,1H3;6,8H,1-5H2,(H,9,10);2H,1H3. The molecule has 1 aliphatic carbocycles. The molecule has 0 aliphatic heterocycles. The van der Waals surface area contributed by atoms with Crippen molar-refractivity contribution in [2.45, 2.75) is 57.9 Å². The number of hydrogen-bond acceptors (Lipinski definition) is 2. The summed E-state index contributed by atoms with van der Waals surface area (Å²) < 4.78 is 0. The molecule has 0 aromatic heterocycles. The average Bonchev–Trinajstić information content (AvgIpc) is 2.53. The van der Waals surface area contributed by atoms with Crippen molar-refractivity contribution in [3.63, 3.8) is 0 Å². The summed E-state index contributed by atoms with van der Waals surface area (Å²) in [5, 5.41) is 18.7. The normalized spacial score (nSPS) is 14.0. The van der Waals surface area contributed by atoms with Crippen LogP contribution >= 0.6 is 11.6 Å². The van der Waals surface area contributed by atoms with E-state index < -0.39 is 6.09 Å². The third-order valence-electron chi connectivity index (χ3n) is 3.41. The van der Waals surface area contributed by atoms with Crippen molar-refractivity contribution in [2.75, 3.05) is 7.11 Å². The highest BCUT2D eigenvalue weighted by Crippen LogP contribution is 2.17. The van der Waals surface area contributed by atoms with Crippen molar-refractivity contribution >= 4 is 17.7 Å². The van der Waals surface area contributed by atoms with E-state index in [0.717, 1.165) is 37.8 Å². The monoisotopic (exact) mass is 329 g/mol. The zero-order valence-electron chi connectivity index (χ0n) is 13.5. The van der Waals surface area contributed by atoms with Crippen molar-refractivity contribution in [1.29, 1.82) is 0 Å². The van der Waals surface area contributed by atoms with Gasteiger partial charge in [0.1, 0.15) is 0 Å². The predicted octanol–water partition coefficient (Wildman–Crippen LogP) is 4.49. The van der Waals surface area contributed by atoms with Gasteiger partial charge in [0, 0.05) is 18.2 Å². The van der Waals surface area contributed by atoms with Crippen LogP contribution in [-0.2, 0) is 6.42 Å². The molecule has 0 spiro atoms. The van der Waals surface area contributed by atoms with Crippen LogP contribution in [0.3, 0.4) is 0 Å². The summed E-state index contributed by atoms with van der Waals surface area (Å²) in [7, 11) is 1.00. The van der Waals surface area contributed by atoms with Gasteiger partial charge in [-0.1, -0.05) is 62.4 Å². The summed E-state index contributed by atoms with van der Waals surface area (Å²) in [4.78, 5) is 10.2. The third kappa shape index (κ3) is 9.64. The van der Waals surface area contributed by atoms with Crippen LogP contribution in [0.15, 0.2) is 24.3 Å². The Bertz CT molecular complexity index is 407. The molecule has 3 N–H and O–H groups in total. The maximum atomic E-state index is 10.2. The van der Waals surface area contributed by atoms with E-state index in [1.165, 1.54) is 24.8 Å². The van der Waals surface area contributed by atoms with Gasteiger partial charge in [-0.2, -0.15) is 0 Å². The highest BCUT2D eigenvalue weighted by molar-refractivity contribution is 6.31. The second-order valence-electron chi connectivity index (χ2n) is 5.13. The second kappa shape index (κ2) is 13.4. The van der Waals surface area contributed by atoms with Crippen LogP contribution in [0.1, 0.15) is 51.0 Å². The van der Waals surface area contributed by atoms with Crippen LogP contribution in [0.5, 0.6) is 0 Å². The molecule has 1 amide bonds. The summed E-state index contributed by atoms with van der Waals surface area (Å²) in [6.45, 7) is 2.16. The van der Waals surface area contributed by atoms with Gasteiger partial charge in [-0.3, -0.25) is 0 Å². The van der Waals surface area contributed by atoms with E-state index in [-0.39, 0.29) is 6.04 Å². The molecule has 22 heavy (non-hydrogen) atoms. The van der Waals surface area contributed by atoms with Crippen molar-refractivity contribution in [3.8, 4) is 0 Å². The molecular weight excluding hydrogens is 302 g/mol. The number of aliphatic hydroxyl groups excluding tert-OH is 1. The van der Waals surface area contributed by atoms with Crippen molar-refractivity contribution in [1.82, 2.24) is 5.32 Å². The lowest BCUT2D eigenvalue weighted by Crippen LogP contribution is -2.34. The quantitative estimate of drug-likeness (QED) is 0.765. The van der Waals surface area contributed by atoms with E-state index in [1.807, 2.05) is 18.2 Å². The third-order valence-corrected chi connectivity index (χ3v) is 3.78. The smallest absolute Gasteiger partial charge is 0.404 e. The Balaban J connectivity index is 0.000000360. The topological polar surface area (TPSA) is 69.6 Å². The second-order valence-corrected chi connectivity index (χ2v) is 5.53. The molecule has 0 radical (unpaired) electrons. The summed E-state index contributed by atoms with van der Waals surface area (Å²) in [6.07, 6.45) is 7.00. The van der Waals surface area contributed by atoms with Gasteiger partial charge in [-0.05, 0) is 30.9 Å². The molecular formula is C17H28ClNO3. The molecule has 1 aromatic rings. The lowest BCUT2D eigenvalue weighted by Gasteiger charge is -2.20. The molecule has 1 saturated carbocycles. The number of carbonyl (C=O) groups is 1. The maximum absolute atomic E-state index is 10.2. The number of aliphatic hydroxyl groups is 1. The molecule has 0 saturated heterocycles. The van der Waals surface area contributed by atoms with Crippen LogP contribution in [0.2, 0.25) is 5.02 Å². The number of halogens is 1. The first kappa shape index (κ1) is 20.7. The Labute approximate surface area is 138 Å². The van der Waals surface area contributed by atoms with E-state index in [2.05, 4.69) is 18.3 Å². The van der Waals surface area contributed by atoms with Gasteiger partial charge in [0.05, 0.1) is 0 Å². The summed E-state index contributed by atoms with van der Waals surface area (Å²) in [6, 6.07) is 8.22. The van der Waals surface area contributed by atoms with Gasteiger partial charge in [0.15, 0.2) is 0 Å². The number of benzene rings is 1. The van der Waals surface area contributed by atoms with Crippen LogP contribution in [0.4, 0.5) is 4.79 Å². The summed E-state index contributed by atoms with van der Waals surface area (Å²) in [5.41, 5.74) is 1.26. The number of carboxylic acid groups (broad SMARTS) is 1. The van der Waals surface area contributed by atoms with Crippen molar-refractivity contribution < 1.29 is 15.0 Å². The average molecular weight is 330 g/mol.